The molecule has 0 fully saturated rings. The van der Waals surface area contributed by atoms with Crippen LogP contribution in [0.15, 0.2) is 12.4 Å². The van der Waals surface area contributed by atoms with Crippen LogP contribution in [0.3, 0.4) is 0 Å². The number of rotatable bonds is 6. The first-order chi connectivity index (χ1) is 7.54. The summed E-state index contributed by atoms with van der Waals surface area (Å²) >= 11 is 0. The minimum Gasteiger partial charge on any atom is -0.387 e. The fourth-order valence-corrected chi connectivity index (χ4v) is 1.40. The molecule has 0 spiro atoms. The van der Waals surface area contributed by atoms with Gasteiger partial charge in [0.1, 0.15) is 0 Å². The van der Waals surface area contributed by atoms with Crippen molar-refractivity contribution in [3.8, 4) is 0 Å². The highest BCUT2D eigenvalue weighted by Gasteiger charge is 2.14. The van der Waals surface area contributed by atoms with Crippen LogP contribution < -0.4 is 5.32 Å². The molecule has 0 aromatic carbocycles. The van der Waals surface area contributed by atoms with Crippen molar-refractivity contribution in [2.75, 3.05) is 13.7 Å². The first-order valence-electron chi connectivity index (χ1n) is 5.47. The van der Waals surface area contributed by atoms with Gasteiger partial charge < -0.3 is 15.2 Å². The summed E-state index contributed by atoms with van der Waals surface area (Å²) in [6.45, 7) is 4.53. The Kier molecular flexibility index (Phi) is 4.92. The second-order valence-corrected chi connectivity index (χ2v) is 4.10. The minimum absolute atomic E-state index is 0.126. The molecule has 1 heterocycles. The van der Waals surface area contributed by atoms with Crippen molar-refractivity contribution in [2.45, 2.75) is 32.1 Å². The number of aryl methyl sites for hydroxylation is 1. The van der Waals surface area contributed by atoms with Crippen molar-refractivity contribution in [1.82, 2.24) is 15.1 Å². The van der Waals surface area contributed by atoms with Crippen LogP contribution in [0.4, 0.5) is 0 Å². The molecule has 0 saturated heterocycles. The number of hydrogen-bond acceptors (Lipinski definition) is 4. The zero-order valence-electron chi connectivity index (χ0n) is 10.3. The number of ether oxygens (including phenoxy) is 1. The van der Waals surface area contributed by atoms with Gasteiger partial charge in [-0.25, -0.2) is 0 Å². The van der Waals surface area contributed by atoms with Crippen LogP contribution >= 0.6 is 0 Å². The molecule has 1 rings (SSSR count). The van der Waals surface area contributed by atoms with E-state index in [9.17, 15) is 5.11 Å². The van der Waals surface area contributed by atoms with Crippen molar-refractivity contribution in [2.24, 2.45) is 7.05 Å². The molecule has 0 aliphatic carbocycles. The number of aromatic nitrogens is 2. The zero-order valence-corrected chi connectivity index (χ0v) is 10.3. The number of aliphatic hydroxyl groups excluding tert-OH is 1. The molecule has 16 heavy (non-hydrogen) atoms. The zero-order chi connectivity index (χ0) is 12.1. The standard InChI is InChI=1S/C11H21N3O2/c1-8(9(2)16-4)12-6-11(15)10-5-13-14(3)7-10/h5,7-9,11-12,15H,6H2,1-4H3. The van der Waals surface area contributed by atoms with Crippen molar-refractivity contribution in [1.29, 1.82) is 0 Å². The highest BCUT2D eigenvalue weighted by Crippen LogP contribution is 2.10. The Hall–Kier alpha value is -0.910. The summed E-state index contributed by atoms with van der Waals surface area (Å²) < 4.78 is 6.87. The van der Waals surface area contributed by atoms with E-state index in [2.05, 4.69) is 10.4 Å². The Bertz CT molecular complexity index is 314. The van der Waals surface area contributed by atoms with Gasteiger partial charge in [0, 0.05) is 38.5 Å². The summed E-state index contributed by atoms with van der Waals surface area (Å²) in [5.41, 5.74) is 0.826. The maximum absolute atomic E-state index is 9.88. The number of nitrogens with zero attached hydrogens (tertiary/aromatic N) is 2. The third kappa shape index (κ3) is 3.59. The summed E-state index contributed by atoms with van der Waals surface area (Å²) in [6, 6.07) is 0.205. The molecule has 0 amide bonds. The second-order valence-electron chi connectivity index (χ2n) is 4.10. The number of hydrogen-bond donors (Lipinski definition) is 2. The minimum atomic E-state index is -0.528. The fourth-order valence-electron chi connectivity index (χ4n) is 1.40. The maximum atomic E-state index is 9.88. The summed E-state index contributed by atoms with van der Waals surface area (Å²) in [7, 11) is 3.51. The third-order valence-electron chi connectivity index (χ3n) is 2.82. The average molecular weight is 227 g/mol. The van der Waals surface area contributed by atoms with Gasteiger partial charge in [0.2, 0.25) is 0 Å². The van der Waals surface area contributed by atoms with Crippen molar-refractivity contribution >= 4 is 0 Å². The van der Waals surface area contributed by atoms with E-state index in [1.165, 1.54) is 0 Å². The molecule has 0 saturated carbocycles. The molecule has 0 radical (unpaired) electrons. The van der Waals surface area contributed by atoms with Crippen LogP contribution in [0.5, 0.6) is 0 Å². The van der Waals surface area contributed by atoms with Crippen LogP contribution in [0, 0.1) is 0 Å². The Morgan fingerprint density at radius 2 is 2.25 bits per heavy atom. The molecule has 0 aliphatic heterocycles. The van der Waals surface area contributed by atoms with Crippen molar-refractivity contribution in [3.05, 3.63) is 18.0 Å². The second kappa shape index (κ2) is 5.98. The highest BCUT2D eigenvalue weighted by atomic mass is 16.5. The Morgan fingerprint density at radius 1 is 1.56 bits per heavy atom. The van der Waals surface area contributed by atoms with Crippen LogP contribution in [-0.2, 0) is 11.8 Å². The molecule has 1 aromatic rings. The molecule has 5 heteroatoms. The average Bonchev–Trinajstić information content (AvgIpc) is 2.71. The third-order valence-corrected chi connectivity index (χ3v) is 2.82. The lowest BCUT2D eigenvalue weighted by Crippen LogP contribution is -2.38. The number of methoxy groups -OCH3 is 1. The van der Waals surface area contributed by atoms with Crippen LogP contribution in [-0.4, -0.2) is 40.7 Å². The largest absolute Gasteiger partial charge is 0.387 e. The molecule has 3 atom stereocenters. The van der Waals surface area contributed by atoms with Gasteiger partial charge in [-0.2, -0.15) is 5.10 Å². The molecule has 1 aromatic heterocycles. The first kappa shape index (κ1) is 13.2. The van der Waals surface area contributed by atoms with Gasteiger partial charge in [0.15, 0.2) is 0 Å². The maximum Gasteiger partial charge on any atom is 0.0944 e. The van der Waals surface area contributed by atoms with E-state index in [0.29, 0.717) is 6.54 Å². The summed E-state index contributed by atoms with van der Waals surface area (Å²) in [5.74, 6) is 0. The molecule has 0 bridgehead atoms. The smallest absolute Gasteiger partial charge is 0.0944 e. The topological polar surface area (TPSA) is 59.3 Å². The SMILES string of the molecule is COC(C)C(C)NCC(O)c1cnn(C)c1. The number of nitrogens with one attached hydrogen (secondary N) is 1. The van der Waals surface area contributed by atoms with Gasteiger partial charge in [0.25, 0.3) is 0 Å². The lowest BCUT2D eigenvalue weighted by atomic mass is 10.1. The van der Waals surface area contributed by atoms with E-state index < -0.39 is 6.10 Å². The predicted molar refractivity (Wildman–Crippen MR) is 62.1 cm³/mol. The summed E-state index contributed by atoms with van der Waals surface area (Å²) in [4.78, 5) is 0. The highest BCUT2D eigenvalue weighted by molar-refractivity contribution is 5.08. The normalized spacial score (nSPS) is 17.1. The summed E-state index contributed by atoms with van der Waals surface area (Å²) in [5, 5.41) is 17.1. The number of aliphatic hydroxyl groups is 1. The predicted octanol–water partition coefficient (Wildman–Crippen LogP) is 0.466. The molecule has 2 N–H and O–H groups in total. The Labute approximate surface area is 96.4 Å². The van der Waals surface area contributed by atoms with E-state index in [1.54, 1.807) is 18.0 Å². The van der Waals surface area contributed by atoms with Crippen LogP contribution in [0.1, 0.15) is 25.5 Å². The van der Waals surface area contributed by atoms with Gasteiger partial charge in [-0.3, -0.25) is 4.68 Å². The van der Waals surface area contributed by atoms with Crippen molar-refractivity contribution in [3.63, 3.8) is 0 Å². The Balaban J connectivity index is 2.38. The molecule has 92 valence electrons. The van der Waals surface area contributed by atoms with E-state index >= 15 is 0 Å². The van der Waals surface area contributed by atoms with Gasteiger partial charge in [-0.1, -0.05) is 0 Å². The van der Waals surface area contributed by atoms with Gasteiger partial charge in [-0.15, -0.1) is 0 Å². The Morgan fingerprint density at radius 3 is 2.75 bits per heavy atom. The lowest BCUT2D eigenvalue weighted by Gasteiger charge is -2.21. The molecular formula is C11H21N3O2. The van der Waals surface area contributed by atoms with Gasteiger partial charge in [-0.05, 0) is 13.8 Å². The lowest BCUT2D eigenvalue weighted by molar-refractivity contribution is 0.0806. The summed E-state index contributed by atoms with van der Waals surface area (Å²) in [6.07, 6.45) is 3.09. The van der Waals surface area contributed by atoms with E-state index in [4.69, 9.17) is 4.74 Å². The molecular weight excluding hydrogens is 206 g/mol. The van der Waals surface area contributed by atoms with Gasteiger partial charge in [0.05, 0.1) is 18.4 Å². The van der Waals surface area contributed by atoms with E-state index in [1.807, 2.05) is 27.1 Å². The van der Waals surface area contributed by atoms with Crippen LogP contribution in [0.25, 0.3) is 0 Å². The van der Waals surface area contributed by atoms with Gasteiger partial charge >= 0.3 is 0 Å². The first-order valence-corrected chi connectivity index (χ1v) is 5.47. The monoisotopic (exact) mass is 227 g/mol. The molecule has 5 nitrogen and oxygen atoms in total. The quantitative estimate of drug-likeness (QED) is 0.741. The molecule has 0 aliphatic rings. The van der Waals surface area contributed by atoms with E-state index in [-0.39, 0.29) is 12.1 Å². The molecule has 3 unspecified atom stereocenters. The fraction of sp³-hybridized carbons (Fsp3) is 0.727. The van der Waals surface area contributed by atoms with Crippen LogP contribution in [0.2, 0.25) is 0 Å². The van der Waals surface area contributed by atoms with Crippen molar-refractivity contribution < 1.29 is 9.84 Å². The van der Waals surface area contributed by atoms with E-state index in [0.717, 1.165) is 5.56 Å².